The zero-order chi connectivity index (χ0) is 17.9. The van der Waals surface area contributed by atoms with Crippen molar-refractivity contribution >= 4 is 27.3 Å². The number of nitrogens with one attached hydrogen (secondary N) is 2. The number of thiophene rings is 1. The van der Waals surface area contributed by atoms with Gasteiger partial charge in [0.2, 0.25) is 10.0 Å². The normalized spacial score (nSPS) is 24.4. The van der Waals surface area contributed by atoms with Crippen LogP contribution in [0.15, 0.2) is 21.3 Å². The van der Waals surface area contributed by atoms with E-state index in [-0.39, 0.29) is 0 Å². The highest BCUT2D eigenvalue weighted by atomic mass is 32.2. The van der Waals surface area contributed by atoms with E-state index in [9.17, 15) is 8.42 Å². The van der Waals surface area contributed by atoms with Gasteiger partial charge in [-0.3, -0.25) is 4.99 Å². The largest absolute Gasteiger partial charge is 0.355 e. The molecule has 8 heteroatoms. The number of aryl methyl sites for hydroxylation is 1. The molecule has 1 aliphatic heterocycles. The Morgan fingerprint density at radius 2 is 1.92 bits per heavy atom. The van der Waals surface area contributed by atoms with Gasteiger partial charge >= 0.3 is 0 Å². The van der Waals surface area contributed by atoms with Gasteiger partial charge in [0.15, 0.2) is 5.96 Å². The predicted molar refractivity (Wildman–Crippen MR) is 103 cm³/mol. The Bertz CT molecular complexity index is 700. The first-order valence-electron chi connectivity index (χ1n) is 9.01. The van der Waals surface area contributed by atoms with E-state index >= 15 is 0 Å². The Kier molecular flexibility index (Phi) is 6.01. The van der Waals surface area contributed by atoms with Crippen LogP contribution in [0.1, 0.15) is 30.6 Å². The summed E-state index contributed by atoms with van der Waals surface area (Å²) in [4.78, 5) is 7.71. The van der Waals surface area contributed by atoms with Gasteiger partial charge in [-0.25, -0.2) is 13.1 Å². The summed E-state index contributed by atoms with van der Waals surface area (Å²) in [5.74, 6) is 2.49. The SMILES string of the molecule is CN=C(NCCNS(=O)(=O)c1ccc(C)s1)N1CC2CCCCC2C1. The van der Waals surface area contributed by atoms with Crippen LogP contribution in [0.4, 0.5) is 0 Å². The summed E-state index contributed by atoms with van der Waals surface area (Å²) < 4.78 is 27.5. The van der Waals surface area contributed by atoms with E-state index in [0.29, 0.717) is 17.3 Å². The van der Waals surface area contributed by atoms with Crippen molar-refractivity contribution in [2.45, 2.75) is 36.8 Å². The van der Waals surface area contributed by atoms with Crippen molar-refractivity contribution in [3.05, 3.63) is 17.0 Å². The van der Waals surface area contributed by atoms with E-state index in [0.717, 1.165) is 35.8 Å². The van der Waals surface area contributed by atoms with Gasteiger partial charge in [-0.05, 0) is 43.7 Å². The van der Waals surface area contributed by atoms with Crippen molar-refractivity contribution in [2.24, 2.45) is 16.8 Å². The highest BCUT2D eigenvalue weighted by molar-refractivity contribution is 7.91. The molecule has 6 nitrogen and oxygen atoms in total. The molecule has 2 N–H and O–H groups in total. The number of rotatable bonds is 5. The highest BCUT2D eigenvalue weighted by Gasteiger charge is 2.35. The molecular weight excluding hydrogens is 356 g/mol. The molecule has 140 valence electrons. The second kappa shape index (κ2) is 8.05. The lowest BCUT2D eigenvalue weighted by atomic mass is 9.82. The average molecular weight is 385 g/mol. The average Bonchev–Trinajstić information content (AvgIpc) is 3.21. The molecule has 0 bridgehead atoms. The third-order valence-corrected chi connectivity index (χ3v) is 8.12. The maximum absolute atomic E-state index is 12.2. The van der Waals surface area contributed by atoms with Gasteiger partial charge in [0.25, 0.3) is 0 Å². The summed E-state index contributed by atoms with van der Waals surface area (Å²) in [6.07, 6.45) is 5.37. The van der Waals surface area contributed by atoms with Gasteiger partial charge in [0.05, 0.1) is 0 Å². The molecule has 1 saturated carbocycles. The molecule has 2 fully saturated rings. The molecule has 2 atom stereocenters. The number of likely N-dealkylation sites (tertiary alicyclic amines) is 1. The van der Waals surface area contributed by atoms with Crippen LogP contribution in [0.5, 0.6) is 0 Å². The lowest BCUT2D eigenvalue weighted by Gasteiger charge is -2.22. The number of nitrogens with zero attached hydrogens (tertiary/aromatic N) is 2. The zero-order valence-electron chi connectivity index (χ0n) is 15.0. The fourth-order valence-corrected chi connectivity index (χ4v) is 6.26. The summed E-state index contributed by atoms with van der Waals surface area (Å²) in [6, 6.07) is 3.48. The van der Waals surface area contributed by atoms with Crippen LogP contribution in [0, 0.1) is 18.8 Å². The summed E-state index contributed by atoms with van der Waals surface area (Å²) >= 11 is 1.29. The molecule has 3 rings (SSSR count). The summed E-state index contributed by atoms with van der Waals surface area (Å²) in [6.45, 7) is 4.93. The first-order valence-corrected chi connectivity index (χ1v) is 11.3. The third kappa shape index (κ3) is 4.54. The minimum Gasteiger partial charge on any atom is -0.355 e. The van der Waals surface area contributed by atoms with Crippen molar-refractivity contribution in [2.75, 3.05) is 33.2 Å². The zero-order valence-corrected chi connectivity index (χ0v) is 16.6. The number of aliphatic imine (C=N–C) groups is 1. The van der Waals surface area contributed by atoms with Crippen LogP contribution in [-0.2, 0) is 10.0 Å². The Morgan fingerprint density at radius 3 is 2.48 bits per heavy atom. The number of sulfonamides is 1. The summed E-state index contributed by atoms with van der Waals surface area (Å²) in [5, 5.41) is 3.30. The summed E-state index contributed by atoms with van der Waals surface area (Å²) in [7, 11) is -1.61. The van der Waals surface area contributed by atoms with Crippen LogP contribution in [0.3, 0.4) is 0 Å². The Morgan fingerprint density at radius 1 is 1.24 bits per heavy atom. The van der Waals surface area contributed by atoms with Gasteiger partial charge in [-0.1, -0.05) is 12.8 Å². The minimum atomic E-state index is -3.41. The van der Waals surface area contributed by atoms with Crippen LogP contribution in [0.2, 0.25) is 0 Å². The van der Waals surface area contributed by atoms with Gasteiger partial charge < -0.3 is 10.2 Å². The van der Waals surface area contributed by atoms with Crippen molar-refractivity contribution in [3.8, 4) is 0 Å². The maximum Gasteiger partial charge on any atom is 0.250 e. The van der Waals surface area contributed by atoms with E-state index in [2.05, 4.69) is 19.9 Å². The fourth-order valence-electron chi connectivity index (χ4n) is 3.90. The smallest absolute Gasteiger partial charge is 0.250 e. The van der Waals surface area contributed by atoms with Crippen LogP contribution < -0.4 is 10.0 Å². The predicted octanol–water partition coefficient (Wildman–Crippen LogP) is 2.03. The van der Waals surface area contributed by atoms with Crippen molar-refractivity contribution < 1.29 is 8.42 Å². The van der Waals surface area contributed by atoms with Crippen LogP contribution in [0.25, 0.3) is 0 Å². The molecule has 2 unspecified atom stereocenters. The van der Waals surface area contributed by atoms with Crippen molar-refractivity contribution in [3.63, 3.8) is 0 Å². The maximum atomic E-state index is 12.2. The molecule has 1 aliphatic carbocycles. The molecule has 1 aromatic heterocycles. The molecule has 1 saturated heterocycles. The molecule has 1 aromatic rings. The topological polar surface area (TPSA) is 73.8 Å². The molecular formula is C17H28N4O2S2. The molecule has 0 spiro atoms. The van der Waals surface area contributed by atoms with Gasteiger partial charge in [0.1, 0.15) is 4.21 Å². The number of hydrogen-bond donors (Lipinski definition) is 2. The molecule has 2 aliphatic rings. The monoisotopic (exact) mass is 384 g/mol. The highest BCUT2D eigenvalue weighted by Crippen LogP contribution is 2.35. The van der Waals surface area contributed by atoms with Crippen molar-refractivity contribution in [1.82, 2.24) is 14.9 Å². The Balaban J connectivity index is 1.46. The number of guanidine groups is 1. The molecule has 0 radical (unpaired) electrons. The lowest BCUT2D eigenvalue weighted by molar-refractivity contribution is 0.299. The molecule has 0 aromatic carbocycles. The molecule has 2 heterocycles. The van der Waals surface area contributed by atoms with Crippen LogP contribution >= 0.6 is 11.3 Å². The Hall–Kier alpha value is -1.12. The third-order valence-electron chi connectivity index (χ3n) is 5.17. The van der Waals surface area contributed by atoms with Crippen LogP contribution in [-0.4, -0.2) is 52.5 Å². The summed E-state index contributed by atoms with van der Waals surface area (Å²) in [5.41, 5.74) is 0. The van der Waals surface area contributed by atoms with Crippen molar-refractivity contribution in [1.29, 1.82) is 0 Å². The quantitative estimate of drug-likeness (QED) is 0.463. The fraction of sp³-hybridized carbons (Fsp3) is 0.706. The second-order valence-corrected chi connectivity index (χ2v) is 10.2. The standard InChI is InChI=1S/C17H28N4O2S2/c1-13-7-8-16(24-13)25(22,23)20-10-9-19-17(18-2)21-11-14-5-3-4-6-15(14)12-21/h7-8,14-15,20H,3-6,9-12H2,1-2H3,(H,18,19). The second-order valence-electron chi connectivity index (χ2n) is 6.95. The first kappa shape index (κ1) is 18.7. The van der Waals surface area contributed by atoms with Gasteiger partial charge in [-0.2, -0.15) is 0 Å². The van der Waals surface area contributed by atoms with E-state index in [1.165, 1.54) is 37.0 Å². The molecule has 25 heavy (non-hydrogen) atoms. The van der Waals surface area contributed by atoms with E-state index in [4.69, 9.17) is 0 Å². The Labute approximate surface area is 154 Å². The molecule has 0 amide bonds. The first-order chi connectivity index (χ1) is 12.0. The van der Waals surface area contributed by atoms with E-state index < -0.39 is 10.0 Å². The number of fused-ring (bicyclic) bond motifs is 1. The van der Waals surface area contributed by atoms with Gasteiger partial charge in [0, 0.05) is 38.1 Å². The lowest BCUT2D eigenvalue weighted by Crippen LogP contribution is -2.43. The van der Waals surface area contributed by atoms with E-state index in [1.807, 2.05) is 13.0 Å². The van der Waals surface area contributed by atoms with Gasteiger partial charge in [-0.15, -0.1) is 11.3 Å². The number of hydrogen-bond acceptors (Lipinski definition) is 4. The van der Waals surface area contributed by atoms with E-state index in [1.54, 1.807) is 13.1 Å². The minimum absolute atomic E-state index is 0.346.